The van der Waals surface area contributed by atoms with Gasteiger partial charge in [0.1, 0.15) is 12.4 Å². The molecule has 1 aliphatic rings. The van der Waals surface area contributed by atoms with Crippen LogP contribution in [0.15, 0.2) is 81.4 Å². The molecule has 1 fully saturated rings. The predicted molar refractivity (Wildman–Crippen MR) is 136 cm³/mol. The molecular weight excluding hydrogens is 474 g/mol. The Kier molecular flexibility index (Phi) is 7.48. The molecule has 0 radical (unpaired) electrons. The van der Waals surface area contributed by atoms with Gasteiger partial charge < -0.3 is 4.74 Å². The topological polar surface area (TPSA) is 46.6 Å². The third-order valence-corrected chi connectivity index (χ3v) is 7.30. The lowest BCUT2D eigenvalue weighted by Gasteiger charge is -2.14. The Labute approximate surface area is 207 Å². The third kappa shape index (κ3) is 5.82. The number of ether oxygens (including phenoxy) is 1. The summed E-state index contributed by atoms with van der Waals surface area (Å²) in [5.74, 6) is 0.478. The zero-order valence-corrected chi connectivity index (χ0v) is 20.6. The summed E-state index contributed by atoms with van der Waals surface area (Å²) in [6.45, 7) is 4.42. The van der Waals surface area contributed by atoms with E-state index in [0.29, 0.717) is 9.93 Å². The number of halogens is 1. The number of hydrogen-bond acceptors (Lipinski definition) is 5. The van der Waals surface area contributed by atoms with Crippen molar-refractivity contribution in [1.82, 2.24) is 4.90 Å². The molecule has 3 aromatic carbocycles. The second-order valence-electron chi connectivity index (χ2n) is 7.54. The number of amides is 2. The zero-order chi connectivity index (χ0) is 23.4. The Balaban J connectivity index is 1.45. The number of carbonyl (C=O) groups is 2. The van der Waals surface area contributed by atoms with Gasteiger partial charge in [-0.15, -0.1) is 0 Å². The Morgan fingerprint density at radius 3 is 2.58 bits per heavy atom. The fraction of sp³-hybridized carbons (Fsp3) is 0.154. The molecule has 4 nitrogen and oxygen atoms in total. The quantitative estimate of drug-likeness (QED) is 0.324. The molecule has 0 unspecified atom stereocenters. The molecule has 0 aromatic heterocycles. The van der Waals surface area contributed by atoms with E-state index < -0.39 is 0 Å². The van der Waals surface area contributed by atoms with Gasteiger partial charge in [-0.3, -0.25) is 14.5 Å². The van der Waals surface area contributed by atoms with Gasteiger partial charge in [0.15, 0.2) is 0 Å². The minimum absolute atomic E-state index is 0.205. The lowest BCUT2D eigenvalue weighted by Crippen LogP contribution is -2.32. The first-order chi connectivity index (χ1) is 15.9. The molecule has 0 bridgehead atoms. The second-order valence-corrected chi connectivity index (χ2v) is 10.1. The summed E-state index contributed by atoms with van der Waals surface area (Å²) in [7, 11) is 0. The summed E-state index contributed by atoms with van der Waals surface area (Å²) >= 11 is 8.53. The molecule has 0 atom stereocenters. The highest BCUT2D eigenvalue weighted by atomic mass is 35.5. The number of aryl methyl sites for hydroxylation is 2. The highest BCUT2D eigenvalue weighted by molar-refractivity contribution is 8.18. The van der Waals surface area contributed by atoms with Gasteiger partial charge in [-0.05, 0) is 84.8 Å². The summed E-state index contributed by atoms with van der Waals surface area (Å²) in [4.78, 5) is 29.1. The maximum Gasteiger partial charge on any atom is 0.293 e. The van der Waals surface area contributed by atoms with Gasteiger partial charge >= 0.3 is 0 Å². The third-order valence-electron chi connectivity index (χ3n) is 5.04. The van der Waals surface area contributed by atoms with Crippen molar-refractivity contribution in [1.29, 1.82) is 0 Å². The Morgan fingerprint density at radius 2 is 1.79 bits per heavy atom. The van der Waals surface area contributed by atoms with Crippen molar-refractivity contribution in [2.75, 3.05) is 13.2 Å². The molecule has 33 heavy (non-hydrogen) atoms. The van der Waals surface area contributed by atoms with Crippen LogP contribution in [0.25, 0.3) is 6.08 Å². The summed E-state index contributed by atoms with van der Waals surface area (Å²) in [6, 6.07) is 21.4. The van der Waals surface area contributed by atoms with Crippen molar-refractivity contribution >= 4 is 52.3 Å². The first-order valence-electron chi connectivity index (χ1n) is 10.4. The van der Waals surface area contributed by atoms with E-state index in [-0.39, 0.29) is 24.3 Å². The Morgan fingerprint density at radius 1 is 1.03 bits per heavy atom. The number of hydrogen-bond donors (Lipinski definition) is 0. The number of imide groups is 1. The summed E-state index contributed by atoms with van der Waals surface area (Å²) in [5.41, 5.74) is 3.00. The maximum atomic E-state index is 12.9. The number of nitrogens with zero attached hydrogens (tertiary/aromatic N) is 1. The van der Waals surface area contributed by atoms with Gasteiger partial charge in [0.05, 0.1) is 11.4 Å². The number of thioether (sulfide) groups is 1. The van der Waals surface area contributed by atoms with Crippen LogP contribution in [0.1, 0.15) is 16.7 Å². The van der Waals surface area contributed by atoms with Crippen LogP contribution in [-0.4, -0.2) is 29.2 Å². The number of carbonyl (C=O) groups excluding carboxylic acids is 2. The molecule has 0 spiro atoms. The predicted octanol–water partition coefficient (Wildman–Crippen LogP) is 7.22. The van der Waals surface area contributed by atoms with Gasteiger partial charge in [-0.1, -0.05) is 53.7 Å². The van der Waals surface area contributed by atoms with Crippen LogP contribution in [0.4, 0.5) is 4.79 Å². The van der Waals surface area contributed by atoms with Gasteiger partial charge in [0.2, 0.25) is 0 Å². The second kappa shape index (κ2) is 10.5. The van der Waals surface area contributed by atoms with Crippen LogP contribution >= 0.6 is 35.1 Å². The van der Waals surface area contributed by atoms with E-state index in [4.69, 9.17) is 16.3 Å². The standard InChI is InChI=1S/C26H22ClNO3S2/c1-17-7-8-18(2)22(15-17)31-14-13-28-25(29)24(33-26(28)30)16-19-5-3-4-6-23(19)32-21-11-9-20(27)10-12-21/h3-12,15-16H,13-14H2,1-2H3/b24-16-. The van der Waals surface area contributed by atoms with E-state index >= 15 is 0 Å². The molecule has 1 saturated heterocycles. The Hall–Kier alpha value is -2.67. The van der Waals surface area contributed by atoms with Crippen LogP contribution in [0.5, 0.6) is 5.75 Å². The van der Waals surface area contributed by atoms with Crippen molar-refractivity contribution in [2.45, 2.75) is 23.6 Å². The minimum atomic E-state index is -0.291. The van der Waals surface area contributed by atoms with Crippen LogP contribution in [0.3, 0.4) is 0 Å². The lowest BCUT2D eigenvalue weighted by atomic mass is 10.1. The average molecular weight is 496 g/mol. The zero-order valence-electron chi connectivity index (χ0n) is 18.2. The summed E-state index contributed by atoms with van der Waals surface area (Å²) in [6.07, 6.45) is 1.79. The molecule has 1 heterocycles. The van der Waals surface area contributed by atoms with Crippen LogP contribution < -0.4 is 4.74 Å². The molecule has 7 heteroatoms. The monoisotopic (exact) mass is 495 g/mol. The first-order valence-corrected chi connectivity index (χ1v) is 12.4. The van der Waals surface area contributed by atoms with Gasteiger partial charge in [-0.2, -0.15) is 0 Å². The van der Waals surface area contributed by atoms with E-state index in [2.05, 4.69) is 0 Å². The largest absolute Gasteiger partial charge is 0.491 e. The van der Waals surface area contributed by atoms with Crippen molar-refractivity contribution in [3.63, 3.8) is 0 Å². The van der Waals surface area contributed by atoms with Crippen molar-refractivity contribution < 1.29 is 14.3 Å². The summed E-state index contributed by atoms with van der Waals surface area (Å²) in [5, 5.41) is 0.404. The van der Waals surface area contributed by atoms with Crippen molar-refractivity contribution in [2.24, 2.45) is 0 Å². The number of benzene rings is 3. The molecule has 0 N–H and O–H groups in total. The van der Waals surface area contributed by atoms with Gasteiger partial charge in [0, 0.05) is 14.8 Å². The van der Waals surface area contributed by atoms with Crippen molar-refractivity contribution in [3.8, 4) is 5.75 Å². The molecule has 0 saturated carbocycles. The van der Waals surface area contributed by atoms with Crippen LogP contribution in [-0.2, 0) is 4.79 Å². The smallest absolute Gasteiger partial charge is 0.293 e. The lowest BCUT2D eigenvalue weighted by molar-refractivity contribution is -0.123. The van der Waals surface area contributed by atoms with Gasteiger partial charge in [0.25, 0.3) is 11.1 Å². The van der Waals surface area contributed by atoms with Crippen molar-refractivity contribution in [3.05, 3.63) is 93.3 Å². The molecule has 0 aliphatic carbocycles. The van der Waals surface area contributed by atoms with Crippen LogP contribution in [0.2, 0.25) is 5.02 Å². The average Bonchev–Trinajstić information content (AvgIpc) is 3.06. The highest BCUT2D eigenvalue weighted by Gasteiger charge is 2.35. The van der Waals surface area contributed by atoms with E-state index in [1.54, 1.807) is 17.8 Å². The van der Waals surface area contributed by atoms with Gasteiger partial charge in [-0.25, -0.2) is 0 Å². The fourth-order valence-corrected chi connectivity index (χ4v) is 5.17. The van der Waals surface area contributed by atoms with Crippen LogP contribution in [0, 0.1) is 13.8 Å². The molecule has 3 aromatic rings. The molecule has 2 amide bonds. The molecular formula is C26H22ClNO3S2. The van der Waals surface area contributed by atoms with E-state index in [1.165, 1.54) is 4.90 Å². The van der Waals surface area contributed by atoms with E-state index in [0.717, 1.165) is 44.0 Å². The minimum Gasteiger partial charge on any atom is -0.491 e. The SMILES string of the molecule is Cc1ccc(C)c(OCCN2C(=O)S/C(=C\c3ccccc3Sc3ccc(Cl)cc3)C2=O)c1. The molecule has 1 aliphatic heterocycles. The molecule has 168 valence electrons. The first kappa shape index (κ1) is 23.5. The summed E-state index contributed by atoms with van der Waals surface area (Å²) < 4.78 is 5.84. The fourth-order valence-electron chi connectivity index (χ4n) is 3.27. The maximum absolute atomic E-state index is 12.9. The number of rotatable bonds is 7. The van der Waals surface area contributed by atoms with E-state index in [9.17, 15) is 9.59 Å². The Bertz CT molecular complexity index is 1220. The van der Waals surface area contributed by atoms with E-state index in [1.807, 2.05) is 80.6 Å². The molecule has 4 rings (SSSR count). The highest BCUT2D eigenvalue weighted by Crippen LogP contribution is 2.36. The normalized spacial score (nSPS) is 14.9.